The molecule has 1 aromatic carbocycles. The first kappa shape index (κ1) is 10.6. The number of rotatable bonds is 2. The van der Waals surface area contributed by atoms with E-state index in [1.807, 2.05) is 6.07 Å². The van der Waals surface area contributed by atoms with Gasteiger partial charge in [-0.3, -0.25) is 4.79 Å². The van der Waals surface area contributed by atoms with Crippen LogP contribution in [0.25, 0.3) is 0 Å². The third-order valence-corrected chi connectivity index (χ3v) is 2.94. The molecule has 82 valence electrons. The van der Waals surface area contributed by atoms with Gasteiger partial charge in [0.25, 0.3) is 0 Å². The minimum absolute atomic E-state index is 0.211. The lowest BCUT2D eigenvalue weighted by atomic mass is 9.92. The Morgan fingerprint density at radius 3 is 2.75 bits per heavy atom. The zero-order valence-electron chi connectivity index (χ0n) is 8.79. The van der Waals surface area contributed by atoms with E-state index in [9.17, 15) is 9.18 Å². The molecule has 1 aromatic rings. The molecule has 0 aliphatic heterocycles. The maximum Gasteiger partial charge on any atom is 0.316 e. The quantitative estimate of drug-likeness (QED) is 0.714. The lowest BCUT2D eigenvalue weighted by Crippen LogP contribution is -2.23. The summed E-state index contributed by atoms with van der Waals surface area (Å²) in [6, 6.07) is 5.83. The van der Waals surface area contributed by atoms with Gasteiger partial charge in [-0.2, -0.15) is 5.26 Å². The van der Waals surface area contributed by atoms with E-state index in [0.717, 1.165) is 6.07 Å². The molecule has 0 unspecified atom stereocenters. The van der Waals surface area contributed by atoms with Gasteiger partial charge in [0.2, 0.25) is 0 Å². The maximum atomic E-state index is 13.0. The van der Waals surface area contributed by atoms with E-state index >= 15 is 0 Å². The standard InChI is InChI=1S/C12H10FNO2/c1-16-11(15)12(4-5-12)10-3-2-9(13)6-8(10)7-14/h2-3,6H,4-5H2,1H3. The van der Waals surface area contributed by atoms with Crippen molar-refractivity contribution in [3.63, 3.8) is 0 Å². The van der Waals surface area contributed by atoms with Crippen LogP contribution in [0, 0.1) is 17.1 Å². The number of carbonyl (C=O) groups excluding carboxylic acids is 1. The third-order valence-electron chi connectivity index (χ3n) is 2.94. The maximum absolute atomic E-state index is 13.0. The summed E-state index contributed by atoms with van der Waals surface area (Å²) in [5.41, 5.74) is 0.0687. The van der Waals surface area contributed by atoms with Gasteiger partial charge >= 0.3 is 5.97 Å². The molecule has 0 heterocycles. The van der Waals surface area contributed by atoms with Crippen molar-refractivity contribution in [2.75, 3.05) is 7.11 Å². The number of nitriles is 1. The summed E-state index contributed by atoms with van der Waals surface area (Å²) in [6.45, 7) is 0. The van der Waals surface area contributed by atoms with Gasteiger partial charge in [-0.1, -0.05) is 6.07 Å². The van der Waals surface area contributed by atoms with Gasteiger partial charge in [-0.15, -0.1) is 0 Å². The van der Waals surface area contributed by atoms with E-state index in [4.69, 9.17) is 10.00 Å². The van der Waals surface area contributed by atoms with Crippen molar-refractivity contribution in [2.24, 2.45) is 0 Å². The topological polar surface area (TPSA) is 50.1 Å². The van der Waals surface area contributed by atoms with Crippen LogP contribution in [0.3, 0.4) is 0 Å². The Kier molecular flexibility index (Phi) is 2.39. The Morgan fingerprint density at radius 1 is 1.56 bits per heavy atom. The molecule has 0 saturated heterocycles. The molecule has 0 atom stereocenters. The average molecular weight is 219 g/mol. The van der Waals surface area contributed by atoms with Crippen molar-refractivity contribution >= 4 is 5.97 Å². The number of methoxy groups -OCH3 is 1. The van der Waals surface area contributed by atoms with Crippen molar-refractivity contribution in [3.05, 3.63) is 35.1 Å². The molecular weight excluding hydrogens is 209 g/mol. The van der Waals surface area contributed by atoms with Crippen LogP contribution in [-0.2, 0) is 14.9 Å². The average Bonchev–Trinajstić information content (AvgIpc) is 3.09. The van der Waals surface area contributed by atoms with Crippen molar-refractivity contribution < 1.29 is 13.9 Å². The van der Waals surface area contributed by atoms with E-state index in [0.29, 0.717) is 18.4 Å². The minimum Gasteiger partial charge on any atom is -0.468 e. The number of nitrogens with zero attached hydrogens (tertiary/aromatic N) is 1. The molecule has 0 spiro atoms. The molecule has 1 aliphatic rings. The fraction of sp³-hybridized carbons (Fsp3) is 0.333. The molecule has 0 N–H and O–H groups in total. The van der Waals surface area contributed by atoms with Gasteiger partial charge in [0.05, 0.1) is 24.2 Å². The fourth-order valence-electron chi connectivity index (χ4n) is 1.93. The number of hydrogen-bond donors (Lipinski definition) is 0. The van der Waals surface area contributed by atoms with E-state index in [-0.39, 0.29) is 11.5 Å². The van der Waals surface area contributed by atoms with Gasteiger partial charge in [0.1, 0.15) is 5.82 Å². The van der Waals surface area contributed by atoms with E-state index in [1.165, 1.54) is 19.2 Å². The molecule has 1 aliphatic carbocycles. The number of esters is 1. The largest absolute Gasteiger partial charge is 0.468 e. The summed E-state index contributed by atoms with van der Waals surface area (Å²) in [6.07, 6.45) is 1.31. The van der Waals surface area contributed by atoms with Crippen molar-refractivity contribution in [1.29, 1.82) is 5.26 Å². The second-order valence-electron chi connectivity index (χ2n) is 3.88. The second-order valence-corrected chi connectivity index (χ2v) is 3.88. The Balaban J connectivity index is 2.49. The Hall–Kier alpha value is -1.89. The monoisotopic (exact) mass is 219 g/mol. The first-order chi connectivity index (χ1) is 7.64. The highest BCUT2D eigenvalue weighted by molar-refractivity contribution is 5.87. The van der Waals surface area contributed by atoms with Crippen LogP contribution < -0.4 is 0 Å². The second kappa shape index (κ2) is 3.60. The summed E-state index contributed by atoms with van der Waals surface area (Å²) in [5.74, 6) is -0.823. The predicted molar refractivity (Wildman–Crippen MR) is 54.0 cm³/mol. The zero-order chi connectivity index (χ0) is 11.8. The molecule has 1 fully saturated rings. The number of hydrogen-bond acceptors (Lipinski definition) is 3. The smallest absolute Gasteiger partial charge is 0.316 e. The summed E-state index contributed by atoms with van der Waals surface area (Å²) in [5, 5.41) is 8.92. The van der Waals surface area contributed by atoms with Crippen LogP contribution in [0.4, 0.5) is 4.39 Å². The summed E-state index contributed by atoms with van der Waals surface area (Å²) >= 11 is 0. The number of benzene rings is 1. The van der Waals surface area contributed by atoms with Gasteiger partial charge < -0.3 is 4.74 Å². The zero-order valence-corrected chi connectivity index (χ0v) is 8.79. The molecular formula is C12H10FNO2. The molecule has 2 rings (SSSR count). The summed E-state index contributed by atoms with van der Waals surface area (Å²) in [7, 11) is 1.32. The molecule has 0 bridgehead atoms. The normalized spacial score (nSPS) is 16.3. The van der Waals surface area contributed by atoms with Gasteiger partial charge in [-0.25, -0.2) is 4.39 Å². The molecule has 0 amide bonds. The summed E-state index contributed by atoms with van der Waals surface area (Å²) in [4.78, 5) is 11.6. The molecule has 4 heteroatoms. The van der Waals surface area contributed by atoms with Gasteiger partial charge in [0, 0.05) is 0 Å². The molecule has 3 nitrogen and oxygen atoms in total. The number of halogens is 1. The molecule has 1 saturated carbocycles. The minimum atomic E-state index is -0.715. The fourth-order valence-corrected chi connectivity index (χ4v) is 1.93. The first-order valence-corrected chi connectivity index (χ1v) is 4.92. The lowest BCUT2D eigenvalue weighted by Gasteiger charge is -2.14. The van der Waals surface area contributed by atoms with Crippen LogP contribution in [0.5, 0.6) is 0 Å². The first-order valence-electron chi connectivity index (χ1n) is 4.92. The van der Waals surface area contributed by atoms with E-state index in [1.54, 1.807) is 0 Å². The predicted octanol–water partition coefficient (Wildman–Crippen LogP) is 1.90. The highest BCUT2D eigenvalue weighted by Crippen LogP contribution is 2.50. The van der Waals surface area contributed by atoms with Crippen molar-refractivity contribution in [2.45, 2.75) is 18.3 Å². The summed E-state index contributed by atoms with van der Waals surface area (Å²) < 4.78 is 17.7. The van der Waals surface area contributed by atoms with Gasteiger partial charge in [-0.05, 0) is 30.5 Å². The highest BCUT2D eigenvalue weighted by Gasteiger charge is 2.53. The number of carbonyl (C=O) groups is 1. The van der Waals surface area contributed by atoms with Crippen LogP contribution in [-0.4, -0.2) is 13.1 Å². The molecule has 16 heavy (non-hydrogen) atoms. The van der Waals surface area contributed by atoms with Crippen LogP contribution in [0.1, 0.15) is 24.0 Å². The van der Waals surface area contributed by atoms with Crippen LogP contribution >= 0.6 is 0 Å². The van der Waals surface area contributed by atoms with Crippen molar-refractivity contribution in [1.82, 2.24) is 0 Å². The van der Waals surface area contributed by atoms with E-state index in [2.05, 4.69) is 0 Å². The van der Waals surface area contributed by atoms with Crippen molar-refractivity contribution in [3.8, 4) is 6.07 Å². The molecule has 0 radical (unpaired) electrons. The van der Waals surface area contributed by atoms with Crippen LogP contribution in [0.2, 0.25) is 0 Å². The highest BCUT2D eigenvalue weighted by atomic mass is 19.1. The van der Waals surface area contributed by atoms with Crippen LogP contribution in [0.15, 0.2) is 18.2 Å². The molecule has 0 aromatic heterocycles. The third kappa shape index (κ3) is 1.45. The Morgan fingerprint density at radius 2 is 2.25 bits per heavy atom. The number of ether oxygens (including phenoxy) is 1. The van der Waals surface area contributed by atoms with Gasteiger partial charge in [0.15, 0.2) is 0 Å². The lowest BCUT2D eigenvalue weighted by molar-refractivity contribution is -0.143. The SMILES string of the molecule is COC(=O)C1(c2ccc(F)cc2C#N)CC1. The van der Waals surface area contributed by atoms with E-state index < -0.39 is 11.2 Å². The Labute approximate surface area is 92.4 Å². The Bertz CT molecular complexity index is 486.